The van der Waals surface area contributed by atoms with Crippen LogP contribution in [0.1, 0.15) is 62.2 Å². The summed E-state index contributed by atoms with van der Waals surface area (Å²) in [4.78, 5) is 44.6. The maximum absolute atomic E-state index is 14.0. The number of carbonyl (C=O) groups is 3. The summed E-state index contributed by atoms with van der Waals surface area (Å²) in [6, 6.07) is 5.91. The van der Waals surface area contributed by atoms with Gasteiger partial charge in [-0.3, -0.25) is 9.59 Å². The third kappa shape index (κ3) is 4.62. The van der Waals surface area contributed by atoms with Crippen LogP contribution in [0.4, 0.5) is 4.39 Å². The second-order valence-corrected chi connectivity index (χ2v) is 7.64. The number of hydrogen-bond donors (Lipinski definition) is 1. The predicted molar refractivity (Wildman–Crippen MR) is 114 cm³/mol. The molecule has 2 heterocycles. The van der Waals surface area contributed by atoms with Crippen LogP contribution in [0.15, 0.2) is 24.3 Å². The molecule has 0 bridgehead atoms. The van der Waals surface area contributed by atoms with E-state index in [-0.39, 0.29) is 17.4 Å². The molecule has 0 atom stereocenters. The van der Waals surface area contributed by atoms with Gasteiger partial charge in [0.05, 0.1) is 18.2 Å². The van der Waals surface area contributed by atoms with Crippen LogP contribution in [0.3, 0.4) is 0 Å². The zero-order valence-corrected chi connectivity index (χ0v) is 18.2. The van der Waals surface area contributed by atoms with Gasteiger partial charge in [0, 0.05) is 31.9 Å². The van der Waals surface area contributed by atoms with Crippen LogP contribution in [-0.4, -0.2) is 65.9 Å². The van der Waals surface area contributed by atoms with Gasteiger partial charge < -0.3 is 19.5 Å². The third-order valence-electron chi connectivity index (χ3n) is 5.57. The van der Waals surface area contributed by atoms with Gasteiger partial charge in [-0.25, -0.2) is 9.18 Å². The van der Waals surface area contributed by atoms with Gasteiger partial charge in [0.15, 0.2) is 0 Å². The monoisotopic (exact) mass is 429 g/mol. The SMILES string of the molecule is CCCc1c(C(=O)N2CCCN(C(=O)c3ccccc3F)CC2)[nH]c(C)c1C(=O)OC. The van der Waals surface area contributed by atoms with Gasteiger partial charge in [0.1, 0.15) is 11.5 Å². The Morgan fingerprint density at radius 3 is 2.32 bits per heavy atom. The Kier molecular flexibility index (Phi) is 7.09. The minimum atomic E-state index is -0.550. The maximum atomic E-state index is 14.0. The molecule has 166 valence electrons. The highest BCUT2D eigenvalue weighted by Crippen LogP contribution is 2.24. The van der Waals surface area contributed by atoms with E-state index < -0.39 is 11.8 Å². The third-order valence-corrected chi connectivity index (χ3v) is 5.57. The number of carbonyl (C=O) groups excluding carboxylic acids is 3. The van der Waals surface area contributed by atoms with Crippen LogP contribution in [0, 0.1) is 12.7 Å². The topological polar surface area (TPSA) is 82.7 Å². The van der Waals surface area contributed by atoms with E-state index in [1.165, 1.54) is 19.2 Å². The first-order valence-electron chi connectivity index (χ1n) is 10.5. The highest BCUT2D eigenvalue weighted by atomic mass is 19.1. The van der Waals surface area contributed by atoms with Gasteiger partial charge in [0.2, 0.25) is 0 Å². The number of amides is 2. The molecule has 0 aliphatic carbocycles. The van der Waals surface area contributed by atoms with E-state index >= 15 is 0 Å². The lowest BCUT2D eigenvalue weighted by atomic mass is 10.0. The van der Waals surface area contributed by atoms with Crippen LogP contribution in [0.25, 0.3) is 0 Å². The van der Waals surface area contributed by atoms with Crippen LogP contribution >= 0.6 is 0 Å². The summed E-state index contributed by atoms with van der Waals surface area (Å²) in [6.07, 6.45) is 1.92. The van der Waals surface area contributed by atoms with Gasteiger partial charge in [-0.15, -0.1) is 0 Å². The van der Waals surface area contributed by atoms with Crippen molar-refractivity contribution in [2.45, 2.75) is 33.1 Å². The number of H-pyrrole nitrogens is 1. The fourth-order valence-electron chi connectivity index (χ4n) is 4.02. The number of esters is 1. The molecule has 8 heteroatoms. The van der Waals surface area contributed by atoms with Crippen LogP contribution in [0.5, 0.6) is 0 Å². The van der Waals surface area contributed by atoms with E-state index in [4.69, 9.17) is 4.74 Å². The van der Waals surface area contributed by atoms with E-state index in [1.54, 1.807) is 28.9 Å². The number of ether oxygens (including phenoxy) is 1. The first kappa shape index (κ1) is 22.5. The van der Waals surface area contributed by atoms with Crippen LogP contribution in [-0.2, 0) is 11.2 Å². The summed E-state index contributed by atoms with van der Waals surface area (Å²) in [5, 5.41) is 0. The molecule has 1 saturated heterocycles. The molecular formula is C23H28FN3O4. The molecule has 1 aromatic carbocycles. The van der Waals surface area contributed by atoms with Crippen LogP contribution < -0.4 is 0 Å². The molecule has 2 amide bonds. The largest absolute Gasteiger partial charge is 0.465 e. The smallest absolute Gasteiger partial charge is 0.339 e. The summed E-state index contributed by atoms with van der Waals surface area (Å²) in [5.41, 5.74) is 2.12. The normalized spacial score (nSPS) is 14.3. The number of nitrogens with zero attached hydrogens (tertiary/aromatic N) is 2. The Morgan fingerprint density at radius 2 is 1.71 bits per heavy atom. The predicted octanol–water partition coefficient (Wildman–Crippen LogP) is 3.19. The Bertz CT molecular complexity index is 985. The zero-order valence-electron chi connectivity index (χ0n) is 18.2. The number of benzene rings is 1. The van der Waals surface area contributed by atoms with Gasteiger partial charge in [-0.2, -0.15) is 0 Å². The molecule has 7 nitrogen and oxygen atoms in total. The molecule has 2 aromatic rings. The Balaban J connectivity index is 1.79. The quantitative estimate of drug-likeness (QED) is 0.740. The van der Waals surface area contributed by atoms with Crippen molar-refractivity contribution < 1.29 is 23.5 Å². The molecule has 0 radical (unpaired) electrons. The van der Waals surface area contributed by atoms with Crippen LogP contribution in [0.2, 0.25) is 0 Å². The minimum Gasteiger partial charge on any atom is -0.465 e. The number of methoxy groups -OCH3 is 1. The summed E-state index contributed by atoms with van der Waals surface area (Å²) in [5.74, 6) is -1.59. The highest BCUT2D eigenvalue weighted by molar-refractivity contribution is 6.01. The number of aryl methyl sites for hydroxylation is 1. The van der Waals surface area contributed by atoms with Crippen molar-refractivity contribution in [2.75, 3.05) is 33.3 Å². The second-order valence-electron chi connectivity index (χ2n) is 7.64. The minimum absolute atomic E-state index is 0.0372. The van der Waals surface area contributed by atoms with E-state index in [0.29, 0.717) is 61.5 Å². The molecule has 1 N–H and O–H groups in total. The molecule has 31 heavy (non-hydrogen) atoms. The van der Waals surface area contributed by atoms with Crippen molar-refractivity contribution in [3.05, 3.63) is 58.2 Å². The van der Waals surface area contributed by atoms with Crippen molar-refractivity contribution in [3.8, 4) is 0 Å². The van der Waals surface area contributed by atoms with Gasteiger partial charge in [-0.1, -0.05) is 25.5 Å². The average Bonchev–Trinajstić information content (AvgIpc) is 2.93. The van der Waals surface area contributed by atoms with E-state index in [0.717, 1.165) is 6.42 Å². The molecule has 0 spiro atoms. The fraction of sp³-hybridized carbons (Fsp3) is 0.435. The highest BCUT2D eigenvalue weighted by Gasteiger charge is 2.29. The molecule has 1 aromatic heterocycles. The van der Waals surface area contributed by atoms with E-state index in [2.05, 4.69) is 4.98 Å². The number of rotatable bonds is 5. The maximum Gasteiger partial charge on any atom is 0.339 e. The zero-order chi connectivity index (χ0) is 22.5. The van der Waals surface area contributed by atoms with Crippen molar-refractivity contribution in [3.63, 3.8) is 0 Å². The van der Waals surface area contributed by atoms with Gasteiger partial charge in [-0.05, 0) is 37.5 Å². The molecule has 3 rings (SSSR count). The van der Waals surface area contributed by atoms with Crippen molar-refractivity contribution in [2.24, 2.45) is 0 Å². The summed E-state index contributed by atoms with van der Waals surface area (Å²) in [6.45, 7) is 5.28. The fourth-order valence-corrected chi connectivity index (χ4v) is 4.02. The molecule has 1 aliphatic rings. The first-order valence-corrected chi connectivity index (χ1v) is 10.5. The first-order chi connectivity index (χ1) is 14.9. The van der Waals surface area contributed by atoms with Gasteiger partial charge in [0.25, 0.3) is 11.8 Å². The lowest BCUT2D eigenvalue weighted by Gasteiger charge is -2.22. The Morgan fingerprint density at radius 1 is 1.06 bits per heavy atom. The second kappa shape index (κ2) is 9.76. The molecule has 0 saturated carbocycles. The summed E-state index contributed by atoms with van der Waals surface area (Å²) in [7, 11) is 1.32. The van der Waals surface area contributed by atoms with Gasteiger partial charge >= 0.3 is 5.97 Å². The lowest BCUT2D eigenvalue weighted by Crippen LogP contribution is -2.38. The number of nitrogens with one attached hydrogen (secondary N) is 1. The number of aromatic amines is 1. The van der Waals surface area contributed by atoms with E-state index in [1.807, 2.05) is 6.92 Å². The number of halogens is 1. The average molecular weight is 429 g/mol. The van der Waals surface area contributed by atoms with E-state index in [9.17, 15) is 18.8 Å². The molecule has 0 unspecified atom stereocenters. The van der Waals surface area contributed by atoms with Crippen molar-refractivity contribution >= 4 is 17.8 Å². The number of hydrogen-bond acceptors (Lipinski definition) is 4. The molecule has 1 fully saturated rings. The Labute approximate surface area is 181 Å². The summed E-state index contributed by atoms with van der Waals surface area (Å²) < 4.78 is 18.9. The standard InChI is InChI=1S/C23H28FN3O4/c1-4-8-17-19(23(30)31-3)15(2)25-20(17)22(29)27-12-7-11-26(13-14-27)21(28)16-9-5-6-10-18(16)24/h5-6,9-10,25H,4,7-8,11-14H2,1-3H3. The van der Waals surface area contributed by atoms with Crippen molar-refractivity contribution in [1.29, 1.82) is 0 Å². The molecular weight excluding hydrogens is 401 g/mol. The molecule has 1 aliphatic heterocycles. The lowest BCUT2D eigenvalue weighted by molar-refractivity contribution is 0.0598. The summed E-state index contributed by atoms with van der Waals surface area (Å²) >= 11 is 0. The van der Waals surface area contributed by atoms with Crippen molar-refractivity contribution in [1.82, 2.24) is 14.8 Å². The number of aromatic nitrogens is 1. The Hall–Kier alpha value is -3.16.